The summed E-state index contributed by atoms with van der Waals surface area (Å²) in [5, 5.41) is 0. The zero-order chi connectivity index (χ0) is 18.8. The van der Waals surface area contributed by atoms with Gasteiger partial charge in [-0.15, -0.1) is 0 Å². The fourth-order valence-corrected chi connectivity index (χ4v) is 3.76. The first-order valence-corrected chi connectivity index (χ1v) is 9.42. The molecule has 0 fully saturated rings. The molecule has 0 saturated carbocycles. The van der Waals surface area contributed by atoms with Crippen LogP contribution in [0.25, 0.3) is 0 Å². The lowest BCUT2D eigenvalue weighted by atomic mass is 10.0. The molecule has 25 heavy (non-hydrogen) atoms. The predicted octanol–water partition coefficient (Wildman–Crippen LogP) is 3.44. The van der Waals surface area contributed by atoms with Crippen molar-refractivity contribution in [3.05, 3.63) is 64.2 Å². The number of methoxy groups -OCH3 is 1. The molecule has 134 valence electrons. The molecule has 0 aliphatic rings. The van der Waals surface area contributed by atoms with Crippen LogP contribution in [-0.4, -0.2) is 21.5 Å². The Kier molecular flexibility index (Phi) is 5.65. The topological polar surface area (TPSA) is 72.5 Å². The van der Waals surface area contributed by atoms with Crippen LogP contribution in [0.1, 0.15) is 45.6 Å². The van der Waals surface area contributed by atoms with Crippen molar-refractivity contribution in [2.45, 2.75) is 38.6 Å². The molecule has 0 aromatic heterocycles. The van der Waals surface area contributed by atoms with E-state index in [0.717, 1.165) is 16.7 Å². The van der Waals surface area contributed by atoms with Crippen LogP contribution in [0.4, 0.5) is 0 Å². The highest BCUT2D eigenvalue weighted by Crippen LogP contribution is 2.21. The maximum Gasteiger partial charge on any atom is 0.338 e. The van der Waals surface area contributed by atoms with Crippen LogP contribution in [0.5, 0.6) is 0 Å². The number of rotatable bonds is 5. The van der Waals surface area contributed by atoms with E-state index in [0.29, 0.717) is 5.56 Å². The molecular weight excluding hydrogens is 338 g/mol. The van der Waals surface area contributed by atoms with E-state index in [2.05, 4.69) is 4.72 Å². The van der Waals surface area contributed by atoms with Crippen molar-refractivity contribution in [3.63, 3.8) is 0 Å². The van der Waals surface area contributed by atoms with Gasteiger partial charge in [0.2, 0.25) is 10.0 Å². The second-order valence-corrected chi connectivity index (χ2v) is 7.87. The fraction of sp³-hybridized carbons (Fsp3) is 0.316. The van der Waals surface area contributed by atoms with Gasteiger partial charge in [0.05, 0.1) is 17.6 Å². The molecule has 1 atom stereocenters. The number of carbonyl (C=O) groups is 1. The van der Waals surface area contributed by atoms with E-state index in [1.165, 1.54) is 19.2 Å². The standard InChI is InChI=1S/C19H23NO4S/c1-12-6-8-16(10-14(12)3)15(4)20-25(22,23)17-9-7-13(2)18(11-17)19(21)24-5/h6-11,15,20H,1-5H3. The summed E-state index contributed by atoms with van der Waals surface area (Å²) >= 11 is 0. The van der Waals surface area contributed by atoms with Gasteiger partial charge in [-0.1, -0.05) is 24.3 Å². The van der Waals surface area contributed by atoms with E-state index in [9.17, 15) is 13.2 Å². The second-order valence-electron chi connectivity index (χ2n) is 6.15. The second kappa shape index (κ2) is 7.37. The molecule has 2 aromatic carbocycles. The minimum Gasteiger partial charge on any atom is -0.465 e. The predicted molar refractivity (Wildman–Crippen MR) is 97.2 cm³/mol. The smallest absolute Gasteiger partial charge is 0.338 e. The molecular formula is C19H23NO4S. The van der Waals surface area contributed by atoms with Crippen LogP contribution in [0.15, 0.2) is 41.3 Å². The zero-order valence-electron chi connectivity index (χ0n) is 15.1. The first kappa shape index (κ1) is 19.1. The lowest BCUT2D eigenvalue weighted by molar-refractivity contribution is 0.0599. The number of hydrogen-bond donors (Lipinski definition) is 1. The Balaban J connectivity index is 2.32. The van der Waals surface area contributed by atoms with Gasteiger partial charge in [-0.2, -0.15) is 0 Å². The van der Waals surface area contributed by atoms with Gasteiger partial charge < -0.3 is 4.74 Å². The van der Waals surface area contributed by atoms with Crippen molar-refractivity contribution >= 4 is 16.0 Å². The molecule has 1 unspecified atom stereocenters. The minimum absolute atomic E-state index is 0.0363. The molecule has 0 aliphatic heterocycles. The zero-order valence-corrected chi connectivity index (χ0v) is 15.9. The Morgan fingerprint density at radius 2 is 1.64 bits per heavy atom. The van der Waals surface area contributed by atoms with E-state index in [-0.39, 0.29) is 10.5 Å². The largest absolute Gasteiger partial charge is 0.465 e. The van der Waals surface area contributed by atoms with Crippen LogP contribution in [-0.2, 0) is 14.8 Å². The molecule has 0 aliphatic carbocycles. The van der Waals surface area contributed by atoms with Gasteiger partial charge in [0.1, 0.15) is 0 Å². The van der Waals surface area contributed by atoms with Crippen LogP contribution >= 0.6 is 0 Å². The first-order valence-electron chi connectivity index (χ1n) is 7.94. The average molecular weight is 361 g/mol. The number of benzene rings is 2. The summed E-state index contributed by atoms with van der Waals surface area (Å²) in [7, 11) is -2.50. The highest BCUT2D eigenvalue weighted by Gasteiger charge is 2.21. The number of hydrogen-bond acceptors (Lipinski definition) is 4. The summed E-state index contributed by atoms with van der Waals surface area (Å²) < 4.78 is 32.7. The van der Waals surface area contributed by atoms with E-state index >= 15 is 0 Å². The van der Waals surface area contributed by atoms with E-state index in [1.54, 1.807) is 19.9 Å². The molecule has 6 heteroatoms. The monoisotopic (exact) mass is 361 g/mol. The van der Waals surface area contributed by atoms with Crippen molar-refractivity contribution < 1.29 is 17.9 Å². The summed E-state index contributed by atoms with van der Waals surface area (Å²) in [6.07, 6.45) is 0. The Bertz CT molecular complexity index is 904. The van der Waals surface area contributed by atoms with Gasteiger partial charge in [0.15, 0.2) is 0 Å². The van der Waals surface area contributed by atoms with Crippen molar-refractivity contribution in [1.82, 2.24) is 4.72 Å². The number of ether oxygens (including phenoxy) is 1. The third-order valence-corrected chi connectivity index (χ3v) is 5.83. The van der Waals surface area contributed by atoms with Gasteiger partial charge >= 0.3 is 5.97 Å². The summed E-state index contributed by atoms with van der Waals surface area (Å²) in [5.74, 6) is -0.559. The van der Waals surface area contributed by atoms with Crippen LogP contribution in [0.3, 0.4) is 0 Å². The van der Waals surface area contributed by atoms with E-state index < -0.39 is 22.0 Å². The molecule has 0 saturated heterocycles. The minimum atomic E-state index is -3.77. The van der Waals surface area contributed by atoms with Gasteiger partial charge in [-0.3, -0.25) is 0 Å². The van der Waals surface area contributed by atoms with E-state index in [1.807, 2.05) is 32.0 Å². The van der Waals surface area contributed by atoms with Crippen LogP contribution in [0.2, 0.25) is 0 Å². The SMILES string of the molecule is COC(=O)c1cc(S(=O)(=O)NC(C)c2ccc(C)c(C)c2)ccc1C. The first-order chi connectivity index (χ1) is 11.7. The number of sulfonamides is 1. The molecule has 5 nitrogen and oxygen atoms in total. The number of carbonyl (C=O) groups excluding carboxylic acids is 1. The Morgan fingerprint density at radius 1 is 1.00 bits per heavy atom. The third kappa shape index (κ3) is 4.27. The lowest BCUT2D eigenvalue weighted by Gasteiger charge is -2.16. The lowest BCUT2D eigenvalue weighted by Crippen LogP contribution is -2.27. The number of esters is 1. The van der Waals surface area contributed by atoms with Gasteiger partial charge in [0.25, 0.3) is 0 Å². The summed E-state index contributed by atoms with van der Waals surface area (Å²) in [5.41, 5.74) is 4.04. The number of aryl methyl sites for hydroxylation is 3. The van der Waals surface area contributed by atoms with Crippen LogP contribution < -0.4 is 4.72 Å². The highest BCUT2D eigenvalue weighted by atomic mass is 32.2. The molecule has 2 rings (SSSR count). The van der Waals surface area contributed by atoms with Crippen molar-refractivity contribution in [2.75, 3.05) is 7.11 Å². The fourth-order valence-electron chi connectivity index (χ4n) is 2.50. The quantitative estimate of drug-likeness (QED) is 0.828. The third-order valence-electron chi connectivity index (χ3n) is 4.29. The van der Waals surface area contributed by atoms with Crippen molar-refractivity contribution in [3.8, 4) is 0 Å². The van der Waals surface area contributed by atoms with E-state index in [4.69, 9.17) is 4.74 Å². The molecule has 0 heterocycles. The molecule has 1 N–H and O–H groups in total. The maximum absolute atomic E-state index is 12.7. The molecule has 0 spiro atoms. The summed E-state index contributed by atoms with van der Waals surface area (Å²) in [6, 6.07) is 9.88. The van der Waals surface area contributed by atoms with Crippen molar-refractivity contribution in [2.24, 2.45) is 0 Å². The molecule has 0 bridgehead atoms. The summed E-state index contributed by atoms with van der Waals surface area (Å²) in [4.78, 5) is 11.8. The maximum atomic E-state index is 12.7. The van der Waals surface area contributed by atoms with Gasteiger partial charge in [-0.05, 0) is 62.1 Å². The van der Waals surface area contributed by atoms with Gasteiger partial charge in [0, 0.05) is 6.04 Å². The molecule has 0 radical (unpaired) electrons. The average Bonchev–Trinajstić information content (AvgIpc) is 2.56. The highest BCUT2D eigenvalue weighted by molar-refractivity contribution is 7.89. The number of nitrogens with one attached hydrogen (secondary N) is 1. The Hall–Kier alpha value is -2.18. The Morgan fingerprint density at radius 3 is 2.24 bits per heavy atom. The Labute approximate surface area is 149 Å². The normalized spacial score (nSPS) is 12.7. The molecule has 2 aromatic rings. The molecule has 0 amide bonds. The van der Waals surface area contributed by atoms with Gasteiger partial charge in [-0.25, -0.2) is 17.9 Å². The van der Waals surface area contributed by atoms with Crippen molar-refractivity contribution in [1.29, 1.82) is 0 Å². The van der Waals surface area contributed by atoms with Crippen LogP contribution in [0, 0.1) is 20.8 Å². The summed E-state index contributed by atoms with van der Waals surface area (Å²) in [6.45, 7) is 7.52.